The Kier molecular flexibility index (Phi) is 5.15. The maximum absolute atomic E-state index is 12.3. The smallest absolute Gasteiger partial charge is 0.253 e. The van der Waals surface area contributed by atoms with Crippen LogP contribution in [0.4, 0.5) is 5.69 Å². The van der Waals surface area contributed by atoms with E-state index in [-0.39, 0.29) is 5.91 Å². The maximum Gasteiger partial charge on any atom is 0.253 e. The monoisotopic (exact) mass is 285 g/mol. The highest BCUT2D eigenvalue weighted by Gasteiger charge is 2.10. The van der Waals surface area contributed by atoms with E-state index in [1.807, 2.05) is 31.2 Å². The van der Waals surface area contributed by atoms with Crippen LogP contribution in [0.5, 0.6) is 5.75 Å². The molecular weight excluding hydrogens is 266 g/mol. The van der Waals surface area contributed by atoms with Crippen LogP contribution in [0, 0.1) is 0 Å². The fourth-order valence-electron chi connectivity index (χ4n) is 1.98. The number of methoxy groups -OCH3 is 1. The summed E-state index contributed by atoms with van der Waals surface area (Å²) in [5.41, 5.74) is 2.32. The first-order valence-electron chi connectivity index (χ1n) is 6.83. The van der Waals surface area contributed by atoms with E-state index in [0.717, 1.165) is 23.5 Å². The van der Waals surface area contributed by atoms with Gasteiger partial charge in [-0.2, -0.15) is 0 Å². The SMILES string of the molecule is CCNc1cnccc1C(=O)NCc1cccc(OC)c1. The van der Waals surface area contributed by atoms with E-state index in [1.165, 1.54) is 0 Å². The molecule has 5 nitrogen and oxygen atoms in total. The van der Waals surface area contributed by atoms with Gasteiger partial charge in [0.1, 0.15) is 5.75 Å². The van der Waals surface area contributed by atoms with E-state index in [9.17, 15) is 4.79 Å². The molecular formula is C16H19N3O2. The van der Waals surface area contributed by atoms with Gasteiger partial charge < -0.3 is 15.4 Å². The minimum Gasteiger partial charge on any atom is -0.497 e. The predicted molar refractivity (Wildman–Crippen MR) is 82.6 cm³/mol. The number of carbonyl (C=O) groups excluding carboxylic acids is 1. The maximum atomic E-state index is 12.3. The van der Waals surface area contributed by atoms with Crippen LogP contribution in [0.1, 0.15) is 22.8 Å². The highest BCUT2D eigenvalue weighted by molar-refractivity contribution is 5.99. The lowest BCUT2D eigenvalue weighted by molar-refractivity contribution is 0.0951. The predicted octanol–water partition coefficient (Wildman–Crippen LogP) is 2.45. The van der Waals surface area contributed by atoms with E-state index < -0.39 is 0 Å². The second-order valence-electron chi connectivity index (χ2n) is 4.49. The summed E-state index contributed by atoms with van der Waals surface area (Å²) in [7, 11) is 1.62. The first-order valence-corrected chi connectivity index (χ1v) is 6.83. The van der Waals surface area contributed by atoms with Crippen LogP contribution in [0.25, 0.3) is 0 Å². The van der Waals surface area contributed by atoms with Crippen LogP contribution in [0.2, 0.25) is 0 Å². The first kappa shape index (κ1) is 14.8. The number of hydrogen-bond donors (Lipinski definition) is 2. The van der Waals surface area contributed by atoms with Crippen LogP contribution in [-0.4, -0.2) is 24.5 Å². The summed E-state index contributed by atoms with van der Waals surface area (Å²) in [6, 6.07) is 9.33. The Balaban J connectivity index is 2.04. The van der Waals surface area contributed by atoms with Crippen LogP contribution in [0.15, 0.2) is 42.7 Å². The van der Waals surface area contributed by atoms with Gasteiger partial charge in [0, 0.05) is 19.3 Å². The number of hydrogen-bond acceptors (Lipinski definition) is 4. The molecule has 0 bridgehead atoms. The van der Waals surface area contributed by atoms with Crippen molar-refractivity contribution in [1.29, 1.82) is 0 Å². The fourth-order valence-corrected chi connectivity index (χ4v) is 1.98. The number of aromatic nitrogens is 1. The van der Waals surface area contributed by atoms with Gasteiger partial charge in [0.25, 0.3) is 5.91 Å². The summed E-state index contributed by atoms with van der Waals surface area (Å²) in [5, 5.41) is 6.03. The lowest BCUT2D eigenvalue weighted by Gasteiger charge is -2.11. The standard InChI is InChI=1S/C16H19N3O2/c1-3-18-15-11-17-8-7-14(15)16(20)19-10-12-5-4-6-13(9-12)21-2/h4-9,11,18H,3,10H2,1-2H3,(H,19,20). The van der Waals surface area contributed by atoms with Crippen molar-refractivity contribution < 1.29 is 9.53 Å². The number of pyridine rings is 1. The number of benzene rings is 1. The largest absolute Gasteiger partial charge is 0.497 e. The van der Waals surface area contributed by atoms with Crippen molar-refractivity contribution in [1.82, 2.24) is 10.3 Å². The van der Waals surface area contributed by atoms with Crippen molar-refractivity contribution in [3.05, 3.63) is 53.9 Å². The molecule has 0 saturated carbocycles. The lowest BCUT2D eigenvalue weighted by Crippen LogP contribution is -2.24. The number of anilines is 1. The average molecular weight is 285 g/mol. The van der Waals surface area contributed by atoms with Gasteiger partial charge in [0.05, 0.1) is 24.6 Å². The van der Waals surface area contributed by atoms with Gasteiger partial charge in [-0.3, -0.25) is 9.78 Å². The number of nitrogens with one attached hydrogen (secondary N) is 2. The Bertz CT molecular complexity index is 614. The molecule has 2 rings (SSSR count). The molecule has 0 spiro atoms. The molecule has 1 heterocycles. The minimum atomic E-state index is -0.129. The van der Waals surface area contributed by atoms with Crippen LogP contribution in [0.3, 0.4) is 0 Å². The lowest BCUT2D eigenvalue weighted by atomic mass is 10.2. The minimum absolute atomic E-state index is 0.129. The molecule has 2 N–H and O–H groups in total. The zero-order chi connectivity index (χ0) is 15.1. The van der Waals surface area contributed by atoms with Crippen LogP contribution in [-0.2, 0) is 6.54 Å². The summed E-state index contributed by atoms with van der Waals surface area (Å²) < 4.78 is 5.17. The summed E-state index contributed by atoms with van der Waals surface area (Å²) in [4.78, 5) is 16.3. The third kappa shape index (κ3) is 3.95. The third-order valence-corrected chi connectivity index (χ3v) is 3.02. The number of amides is 1. The Morgan fingerprint density at radius 3 is 2.95 bits per heavy atom. The van der Waals surface area contributed by atoms with Crippen molar-refractivity contribution in [3.8, 4) is 5.75 Å². The molecule has 0 aliphatic heterocycles. The Labute approximate surface area is 124 Å². The first-order chi connectivity index (χ1) is 10.2. The van der Waals surface area contributed by atoms with Gasteiger partial charge in [-0.25, -0.2) is 0 Å². The third-order valence-electron chi connectivity index (χ3n) is 3.02. The normalized spacial score (nSPS) is 10.0. The van der Waals surface area contributed by atoms with E-state index in [0.29, 0.717) is 12.1 Å². The van der Waals surface area contributed by atoms with Crippen LogP contribution < -0.4 is 15.4 Å². The summed E-state index contributed by atoms with van der Waals surface area (Å²) in [6.07, 6.45) is 3.27. The van der Waals surface area contributed by atoms with E-state index >= 15 is 0 Å². The Hall–Kier alpha value is -2.56. The van der Waals surface area contributed by atoms with Crippen molar-refractivity contribution in [2.75, 3.05) is 19.0 Å². The van der Waals surface area contributed by atoms with Crippen molar-refractivity contribution >= 4 is 11.6 Å². The van der Waals surface area contributed by atoms with E-state index in [2.05, 4.69) is 15.6 Å². The number of ether oxygens (including phenoxy) is 1. The van der Waals surface area contributed by atoms with Gasteiger partial charge in [0.2, 0.25) is 0 Å². The van der Waals surface area contributed by atoms with Crippen molar-refractivity contribution in [2.24, 2.45) is 0 Å². The molecule has 1 aromatic carbocycles. The van der Waals surface area contributed by atoms with Gasteiger partial charge in [0.15, 0.2) is 0 Å². The number of nitrogens with zero attached hydrogens (tertiary/aromatic N) is 1. The molecule has 1 amide bonds. The molecule has 2 aromatic rings. The van der Waals surface area contributed by atoms with Crippen LogP contribution >= 0.6 is 0 Å². The Morgan fingerprint density at radius 1 is 1.33 bits per heavy atom. The molecule has 0 fully saturated rings. The second-order valence-corrected chi connectivity index (χ2v) is 4.49. The molecule has 21 heavy (non-hydrogen) atoms. The fraction of sp³-hybridized carbons (Fsp3) is 0.250. The zero-order valence-electron chi connectivity index (χ0n) is 12.2. The molecule has 110 valence electrons. The van der Waals surface area contributed by atoms with Crippen molar-refractivity contribution in [2.45, 2.75) is 13.5 Å². The van der Waals surface area contributed by atoms with Gasteiger partial charge in [-0.05, 0) is 30.7 Å². The van der Waals surface area contributed by atoms with Gasteiger partial charge in [-0.15, -0.1) is 0 Å². The van der Waals surface area contributed by atoms with Gasteiger partial charge >= 0.3 is 0 Å². The van der Waals surface area contributed by atoms with Crippen molar-refractivity contribution in [3.63, 3.8) is 0 Å². The quantitative estimate of drug-likeness (QED) is 0.855. The molecule has 0 atom stereocenters. The summed E-state index contributed by atoms with van der Waals surface area (Å²) in [6.45, 7) is 3.16. The number of rotatable bonds is 6. The molecule has 0 aliphatic rings. The molecule has 0 radical (unpaired) electrons. The molecule has 0 aliphatic carbocycles. The highest BCUT2D eigenvalue weighted by Crippen LogP contribution is 2.15. The number of carbonyl (C=O) groups is 1. The highest BCUT2D eigenvalue weighted by atomic mass is 16.5. The molecule has 1 aromatic heterocycles. The van der Waals surface area contributed by atoms with E-state index in [4.69, 9.17) is 4.74 Å². The summed E-state index contributed by atoms with van der Waals surface area (Å²) in [5.74, 6) is 0.648. The molecule has 0 saturated heterocycles. The van der Waals surface area contributed by atoms with E-state index in [1.54, 1.807) is 25.6 Å². The van der Waals surface area contributed by atoms with Gasteiger partial charge in [-0.1, -0.05) is 12.1 Å². The second kappa shape index (κ2) is 7.28. The summed E-state index contributed by atoms with van der Waals surface area (Å²) >= 11 is 0. The average Bonchev–Trinajstić information content (AvgIpc) is 2.53. The Morgan fingerprint density at radius 2 is 2.19 bits per heavy atom. The topological polar surface area (TPSA) is 63.2 Å². The molecule has 0 unspecified atom stereocenters. The zero-order valence-corrected chi connectivity index (χ0v) is 12.2. The molecule has 5 heteroatoms.